The fourth-order valence-electron chi connectivity index (χ4n) is 0.919. The van der Waals surface area contributed by atoms with Crippen molar-refractivity contribution in [3.05, 3.63) is 0 Å². The molecular formula is C11H26O. The Kier molecular flexibility index (Phi) is 6.73. The molecule has 0 fully saturated rings. The van der Waals surface area contributed by atoms with Crippen LogP contribution in [-0.2, 0) is 4.74 Å². The molecule has 1 heteroatoms. The lowest BCUT2D eigenvalue weighted by Gasteiger charge is -2.30. The highest BCUT2D eigenvalue weighted by Crippen LogP contribution is 2.17. The van der Waals surface area contributed by atoms with Crippen LogP contribution in [0.15, 0.2) is 0 Å². The molecule has 0 aromatic carbocycles. The molecule has 76 valence electrons. The van der Waals surface area contributed by atoms with Gasteiger partial charge in [0.25, 0.3) is 0 Å². The maximum atomic E-state index is 5.62. The molecule has 0 atom stereocenters. The quantitative estimate of drug-likeness (QED) is 0.539. The molecule has 1 nitrogen and oxygen atoms in total. The molecule has 0 N–H and O–H groups in total. The van der Waals surface area contributed by atoms with E-state index in [-0.39, 0.29) is 11.2 Å². The first-order valence-electron chi connectivity index (χ1n) is 4.82. The Balaban J connectivity index is 0. The molecule has 12 heavy (non-hydrogen) atoms. The highest BCUT2D eigenvalue weighted by atomic mass is 16.5. The van der Waals surface area contributed by atoms with Crippen molar-refractivity contribution in [1.29, 1.82) is 0 Å². The van der Waals surface area contributed by atoms with Gasteiger partial charge in [0.1, 0.15) is 0 Å². The van der Waals surface area contributed by atoms with Crippen LogP contribution in [0.5, 0.6) is 0 Å². The van der Waals surface area contributed by atoms with Crippen molar-refractivity contribution in [3.8, 4) is 0 Å². The van der Waals surface area contributed by atoms with Gasteiger partial charge in [-0.3, -0.25) is 0 Å². The second kappa shape index (κ2) is 5.58. The Morgan fingerprint density at radius 1 is 0.750 bits per heavy atom. The molecule has 0 amide bonds. The summed E-state index contributed by atoms with van der Waals surface area (Å²) in [6.45, 7) is 16.7. The minimum atomic E-state index is -0.0156. The molecule has 0 aromatic rings. The van der Waals surface area contributed by atoms with E-state index in [1.807, 2.05) is 0 Å². The Labute approximate surface area is 78.5 Å². The van der Waals surface area contributed by atoms with Gasteiger partial charge in [0.05, 0.1) is 11.2 Å². The first-order chi connectivity index (χ1) is 5.12. The molecule has 0 rings (SSSR count). The van der Waals surface area contributed by atoms with Crippen LogP contribution >= 0.6 is 0 Å². The fraction of sp³-hybridized carbons (Fsp3) is 1.00. The lowest BCUT2D eigenvalue weighted by Crippen LogP contribution is -2.31. The van der Waals surface area contributed by atoms with Crippen LogP contribution in [0.3, 0.4) is 0 Å². The molecule has 0 heterocycles. The van der Waals surface area contributed by atoms with Crippen molar-refractivity contribution in [2.75, 3.05) is 0 Å². The molecular weight excluding hydrogens is 148 g/mol. The molecule has 0 radical (unpaired) electrons. The maximum absolute atomic E-state index is 5.62. The normalized spacial score (nSPS) is 12.0. The zero-order chi connectivity index (χ0) is 10.4. The topological polar surface area (TPSA) is 9.23 Å². The summed E-state index contributed by atoms with van der Waals surface area (Å²) in [6.07, 6.45) is 1.25. The van der Waals surface area contributed by atoms with Crippen molar-refractivity contribution < 1.29 is 4.74 Å². The summed E-state index contributed by atoms with van der Waals surface area (Å²) in [4.78, 5) is 0. The molecule has 0 saturated carbocycles. The average Bonchev–Trinajstić information content (AvgIpc) is 1.53. The van der Waals surface area contributed by atoms with Crippen molar-refractivity contribution >= 4 is 0 Å². The van der Waals surface area contributed by atoms with E-state index in [0.29, 0.717) is 0 Å². The summed E-state index contributed by atoms with van der Waals surface area (Å²) in [7, 11) is 0. The Hall–Kier alpha value is -0.0400. The predicted octanol–water partition coefficient (Wildman–Crippen LogP) is 4.02. The van der Waals surface area contributed by atoms with Crippen LogP contribution in [0.4, 0.5) is 0 Å². The van der Waals surface area contributed by atoms with Gasteiger partial charge >= 0.3 is 0 Å². The van der Waals surface area contributed by atoms with Crippen LogP contribution in [0.25, 0.3) is 0 Å². The van der Waals surface area contributed by atoms with Gasteiger partial charge in [-0.1, -0.05) is 20.3 Å². The van der Waals surface area contributed by atoms with Gasteiger partial charge in [0.2, 0.25) is 0 Å². The first kappa shape index (κ1) is 14.5. The predicted molar refractivity (Wildman–Crippen MR) is 56.6 cm³/mol. The average molecular weight is 174 g/mol. The summed E-state index contributed by atoms with van der Waals surface area (Å²) in [5.74, 6) is 0. The first-order valence-corrected chi connectivity index (χ1v) is 4.82. The number of hydrogen-bond acceptors (Lipinski definition) is 1. The monoisotopic (exact) mass is 174 g/mol. The van der Waals surface area contributed by atoms with E-state index in [1.54, 1.807) is 0 Å². The Morgan fingerprint density at radius 2 is 0.917 bits per heavy atom. The van der Waals surface area contributed by atoms with Gasteiger partial charge in [-0.25, -0.2) is 0 Å². The lowest BCUT2D eigenvalue weighted by molar-refractivity contribution is -0.102. The van der Waals surface area contributed by atoms with Crippen LogP contribution in [0.1, 0.15) is 61.8 Å². The highest BCUT2D eigenvalue weighted by molar-refractivity contribution is 4.68. The van der Waals surface area contributed by atoms with Gasteiger partial charge in [-0.15, -0.1) is 0 Å². The summed E-state index contributed by atoms with van der Waals surface area (Å²) in [5.41, 5.74) is -0.0312. The third-order valence-electron chi connectivity index (χ3n) is 0.612. The standard InChI is InChI=1S/C8H18O.C3H8/c1-7(2,3)9-8(4,5)6;1-3-2/h1-6H3;3H2,1-2H3. The van der Waals surface area contributed by atoms with E-state index >= 15 is 0 Å². The molecule has 0 aliphatic heterocycles. The number of rotatable bonds is 0. The van der Waals surface area contributed by atoms with Gasteiger partial charge < -0.3 is 4.74 Å². The Morgan fingerprint density at radius 3 is 0.917 bits per heavy atom. The summed E-state index contributed by atoms with van der Waals surface area (Å²) in [5, 5.41) is 0. The second-order valence-electron chi connectivity index (χ2n) is 5.03. The van der Waals surface area contributed by atoms with Gasteiger partial charge in [0.15, 0.2) is 0 Å². The summed E-state index contributed by atoms with van der Waals surface area (Å²) >= 11 is 0. The van der Waals surface area contributed by atoms with Gasteiger partial charge in [-0.2, -0.15) is 0 Å². The minimum absolute atomic E-state index is 0.0156. The van der Waals surface area contributed by atoms with E-state index < -0.39 is 0 Å². The Bertz CT molecular complexity index is 80.6. The zero-order valence-electron chi connectivity index (χ0n) is 10.1. The third-order valence-corrected chi connectivity index (χ3v) is 0.612. The molecule has 0 saturated heterocycles. The van der Waals surface area contributed by atoms with Crippen molar-refractivity contribution in [1.82, 2.24) is 0 Å². The maximum Gasteiger partial charge on any atom is 0.0605 e. The lowest BCUT2D eigenvalue weighted by atomic mass is 10.1. The van der Waals surface area contributed by atoms with Crippen molar-refractivity contribution in [2.24, 2.45) is 0 Å². The molecule has 0 aliphatic carbocycles. The van der Waals surface area contributed by atoms with Crippen molar-refractivity contribution in [3.63, 3.8) is 0 Å². The summed E-state index contributed by atoms with van der Waals surface area (Å²) in [6, 6.07) is 0. The van der Waals surface area contributed by atoms with E-state index in [1.165, 1.54) is 6.42 Å². The van der Waals surface area contributed by atoms with E-state index in [4.69, 9.17) is 4.74 Å². The van der Waals surface area contributed by atoms with Gasteiger partial charge in [0, 0.05) is 0 Å². The molecule has 0 aromatic heterocycles. The van der Waals surface area contributed by atoms with Crippen molar-refractivity contribution in [2.45, 2.75) is 73.0 Å². The van der Waals surface area contributed by atoms with Crippen LogP contribution in [-0.4, -0.2) is 11.2 Å². The van der Waals surface area contributed by atoms with Crippen LogP contribution in [0.2, 0.25) is 0 Å². The highest BCUT2D eigenvalue weighted by Gasteiger charge is 2.19. The van der Waals surface area contributed by atoms with E-state index in [0.717, 1.165) is 0 Å². The fourth-order valence-corrected chi connectivity index (χ4v) is 0.919. The zero-order valence-corrected chi connectivity index (χ0v) is 10.1. The summed E-state index contributed by atoms with van der Waals surface area (Å²) < 4.78 is 5.62. The smallest absolute Gasteiger partial charge is 0.0605 e. The van der Waals surface area contributed by atoms with E-state index in [2.05, 4.69) is 55.4 Å². The second-order valence-corrected chi connectivity index (χ2v) is 5.03. The van der Waals surface area contributed by atoms with Gasteiger partial charge in [-0.05, 0) is 41.5 Å². The number of ether oxygens (including phenoxy) is 1. The largest absolute Gasteiger partial charge is 0.370 e. The van der Waals surface area contributed by atoms with Crippen LogP contribution < -0.4 is 0 Å². The molecule has 0 spiro atoms. The molecule has 0 unspecified atom stereocenters. The van der Waals surface area contributed by atoms with Crippen LogP contribution in [0, 0.1) is 0 Å². The SMILES string of the molecule is CC(C)(C)OC(C)(C)C.CCC. The number of hydrogen-bond donors (Lipinski definition) is 0. The van der Waals surface area contributed by atoms with E-state index in [9.17, 15) is 0 Å². The molecule has 0 bridgehead atoms. The minimum Gasteiger partial charge on any atom is -0.370 e. The molecule has 0 aliphatic rings. The third kappa shape index (κ3) is 22.5.